The Morgan fingerprint density at radius 2 is 1.74 bits per heavy atom. The molecule has 19 heavy (non-hydrogen) atoms. The predicted octanol–water partition coefficient (Wildman–Crippen LogP) is -2.12. The van der Waals surface area contributed by atoms with Crippen LogP contribution in [0.1, 0.15) is 19.8 Å². The highest BCUT2D eigenvalue weighted by molar-refractivity contribution is 5.90. The molecule has 0 radical (unpaired) electrons. The van der Waals surface area contributed by atoms with Gasteiger partial charge in [-0.3, -0.25) is 19.2 Å². The van der Waals surface area contributed by atoms with Crippen LogP contribution in [0, 0.1) is 0 Å². The van der Waals surface area contributed by atoms with Gasteiger partial charge < -0.3 is 26.6 Å². The van der Waals surface area contributed by atoms with Gasteiger partial charge in [0.25, 0.3) is 0 Å². The van der Waals surface area contributed by atoms with Crippen molar-refractivity contribution in [2.45, 2.75) is 31.8 Å². The van der Waals surface area contributed by atoms with Crippen LogP contribution >= 0.6 is 0 Å². The summed E-state index contributed by atoms with van der Waals surface area (Å²) in [5.74, 6) is -3.77. The van der Waals surface area contributed by atoms with Crippen molar-refractivity contribution < 1.29 is 29.4 Å². The number of carbonyl (C=O) groups excluding carboxylic acids is 2. The van der Waals surface area contributed by atoms with Crippen molar-refractivity contribution in [1.82, 2.24) is 10.6 Å². The zero-order valence-electron chi connectivity index (χ0n) is 10.4. The van der Waals surface area contributed by atoms with E-state index in [0.717, 1.165) is 0 Å². The molecule has 0 aromatic rings. The number of rotatable bonds is 8. The summed E-state index contributed by atoms with van der Waals surface area (Å²) in [7, 11) is 0. The van der Waals surface area contributed by atoms with Crippen molar-refractivity contribution in [1.29, 1.82) is 0 Å². The first-order valence-electron chi connectivity index (χ1n) is 5.52. The normalized spacial score (nSPS) is 13.2. The first-order chi connectivity index (χ1) is 8.77. The molecule has 0 bridgehead atoms. The second-order valence-electron chi connectivity index (χ2n) is 3.83. The van der Waals surface area contributed by atoms with Gasteiger partial charge in [0, 0.05) is 6.42 Å². The van der Waals surface area contributed by atoms with Crippen LogP contribution in [0.15, 0.2) is 0 Å². The minimum absolute atomic E-state index is 0.154. The van der Waals surface area contributed by atoms with E-state index >= 15 is 0 Å². The highest BCUT2D eigenvalue weighted by atomic mass is 16.4. The second kappa shape index (κ2) is 8.03. The molecule has 0 rings (SSSR count). The van der Waals surface area contributed by atoms with E-state index in [4.69, 9.17) is 15.9 Å². The van der Waals surface area contributed by atoms with Crippen LogP contribution in [0.2, 0.25) is 0 Å². The van der Waals surface area contributed by atoms with E-state index in [0.29, 0.717) is 0 Å². The summed E-state index contributed by atoms with van der Waals surface area (Å²) >= 11 is 0. The van der Waals surface area contributed by atoms with Crippen molar-refractivity contribution in [2.75, 3.05) is 6.54 Å². The van der Waals surface area contributed by atoms with E-state index in [1.54, 1.807) is 0 Å². The topological polar surface area (TPSA) is 159 Å². The lowest BCUT2D eigenvalue weighted by atomic mass is 10.1. The van der Waals surface area contributed by atoms with Crippen molar-refractivity contribution >= 4 is 23.8 Å². The lowest BCUT2D eigenvalue weighted by molar-refractivity contribution is -0.142. The number of amides is 2. The maximum absolute atomic E-state index is 11.7. The van der Waals surface area contributed by atoms with Gasteiger partial charge in [0.05, 0.1) is 6.54 Å². The van der Waals surface area contributed by atoms with Crippen LogP contribution < -0.4 is 16.4 Å². The van der Waals surface area contributed by atoms with Crippen molar-refractivity contribution in [3.8, 4) is 0 Å². The third-order valence-corrected chi connectivity index (χ3v) is 2.21. The van der Waals surface area contributed by atoms with Crippen LogP contribution in [0.4, 0.5) is 0 Å². The predicted molar refractivity (Wildman–Crippen MR) is 63.1 cm³/mol. The molecule has 0 aromatic carbocycles. The minimum atomic E-state index is -1.24. The first kappa shape index (κ1) is 16.8. The number of carboxylic acids is 2. The molecule has 6 N–H and O–H groups in total. The largest absolute Gasteiger partial charge is 0.481 e. The van der Waals surface area contributed by atoms with E-state index in [1.807, 2.05) is 0 Å². The fourth-order valence-corrected chi connectivity index (χ4v) is 1.17. The zero-order chi connectivity index (χ0) is 15.0. The van der Waals surface area contributed by atoms with Crippen LogP contribution in [-0.2, 0) is 19.2 Å². The SMILES string of the molecule is C[C@H](NC(=O)[C@H](CCC(=O)O)NC(=O)CN)C(=O)O. The van der Waals surface area contributed by atoms with Gasteiger partial charge in [-0.05, 0) is 13.3 Å². The molecule has 0 aromatic heterocycles. The summed E-state index contributed by atoms with van der Waals surface area (Å²) in [6.45, 7) is 0.893. The minimum Gasteiger partial charge on any atom is -0.481 e. The van der Waals surface area contributed by atoms with Crippen molar-refractivity contribution in [2.24, 2.45) is 5.73 Å². The number of nitrogens with two attached hydrogens (primary N) is 1. The van der Waals surface area contributed by atoms with E-state index in [2.05, 4.69) is 10.6 Å². The van der Waals surface area contributed by atoms with Crippen LogP contribution in [0.5, 0.6) is 0 Å². The second-order valence-corrected chi connectivity index (χ2v) is 3.83. The summed E-state index contributed by atoms with van der Waals surface area (Å²) in [6, 6.07) is -2.27. The van der Waals surface area contributed by atoms with Gasteiger partial charge in [-0.25, -0.2) is 0 Å². The molecule has 0 aliphatic rings. The van der Waals surface area contributed by atoms with E-state index in [-0.39, 0.29) is 19.4 Å². The van der Waals surface area contributed by atoms with Crippen LogP contribution in [0.3, 0.4) is 0 Å². The van der Waals surface area contributed by atoms with Gasteiger partial charge in [-0.15, -0.1) is 0 Å². The van der Waals surface area contributed by atoms with Crippen LogP contribution in [0.25, 0.3) is 0 Å². The molecular weight excluding hydrogens is 258 g/mol. The molecule has 9 heteroatoms. The summed E-state index contributed by atoms with van der Waals surface area (Å²) in [6.07, 6.45) is -0.496. The monoisotopic (exact) mass is 275 g/mol. The summed E-state index contributed by atoms with van der Waals surface area (Å²) in [5, 5.41) is 21.6. The average Bonchev–Trinajstić information content (AvgIpc) is 2.33. The number of hydrogen-bond acceptors (Lipinski definition) is 5. The molecule has 108 valence electrons. The number of carbonyl (C=O) groups is 4. The van der Waals surface area contributed by atoms with E-state index in [9.17, 15) is 19.2 Å². The molecule has 0 aliphatic heterocycles. The zero-order valence-corrected chi connectivity index (χ0v) is 10.4. The lowest BCUT2D eigenvalue weighted by Gasteiger charge is -2.19. The standard InChI is InChI=1S/C10H17N3O6/c1-5(10(18)19)12-9(17)6(2-3-8(15)16)13-7(14)4-11/h5-6H,2-4,11H2,1H3,(H,12,17)(H,13,14)(H,15,16)(H,18,19)/t5-,6-/m0/s1. The molecule has 0 unspecified atom stereocenters. The van der Waals surface area contributed by atoms with Gasteiger partial charge in [0.1, 0.15) is 12.1 Å². The Morgan fingerprint density at radius 3 is 2.16 bits per heavy atom. The Balaban J connectivity index is 4.61. The molecule has 9 nitrogen and oxygen atoms in total. The molecule has 0 saturated carbocycles. The molecule has 2 amide bonds. The van der Waals surface area contributed by atoms with Gasteiger partial charge in [0.15, 0.2) is 0 Å². The Labute approximate surface area is 109 Å². The van der Waals surface area contributed by atoms with Gasteiger partial charge in [0.2, 0.25) is 11.8 Å². The number of hydrogen-bond donors (Lipinski definition) is 5. The first-order valence-corrected chi connectivity index (χ1v) is 5.52. The molecule has 0 fully saturated rings. The quantitative estimate of drug-likeness (QED) is 0.338. The summed E-state index contributed by atoms with van der Waals surface area (Å²) < 4.78 is 0. The molecule has 0 aliphatic carbocycles. The average molecular weight is 275 g/mol. The molecule has 0 heterocycles. The van der Waals surface area contributed by atoms with Crippen molar-refractivity contribution in [3.63, 3.8) is 0 Å². The van der Waals surface area contributed by atoms with Gasteiger partial charge in [-0.1, -0.05) is 0 Å². The fourth-order valence-electron chi connectivity index (χ4n) is 1.17. The lowest BCUT2D eigenvalue weighted by Crippen LogP contribution is -2.51. The Bertz CT molecular complexity index is 370. The van der Waals surface area contributed by atoms with Crippen molar-refractivity contribution in [3.05, 3.63) is 0 Å². The Morgan fingerprint density at radius 1 is 1.16 bits per heavy atom. The smallest absolute Gasteiger partial charge is 0.325 e. The van der Waals surface area contributed by atoms with Gasteiger partial charge >= 0.3 is 11.9 Å². The highest BCUT2D eigenvalue weighted by Gasteiger charge is 2.24. The maximum Gasteiger partial charge on any atom is 0.325 e. The Hall–Kier alpha value is -2.16. The third kappa shape index (κ3) is 6.99. The Kier molecular flexibility index (Phi) is 7.12. The summed E-state index contributed by atoms with van der Waals surface area (Å²) in [5.41, 5.74) is 5.07. The maximum atomic E-state index is 11.7. The third-order valence-electron chi connectivity index (χ3n) is 2.21. The fraction of sp³-hybridized carbons (Fsp3) is 0.600. The summed E-state index contributed by atoms with van der Waals surface area (Å²) in [4.78, 5) is 43.8. The molecular formula is C10H17N3O6. The number of carboxylic acid groups (broad SMARTS) is 2. The molecule has 0 saturated heterocycles. The van der Waals surface area contributed by atoms with Gasteiger partial charge in [-0.2, -0.15) is 0 Å². The number of nitrogens with one attached hydrogen (secondary N) is 2. The van der Waals surface area contributed by atoms with E-state index < -0.39 is 35.8 Å². The highest BCUT2D eigenvalue weighted by Crippen LogP contribution is 1.99. The molecule has 0 spiro atoms. The number of aliphatic carboxylic acids is 2. The van der Waals surface area contributed by atoms with Crippen LogP contribution in [-0.4, -0.2) is 52.6 Å². The van der Waals surface area contributed by atoms with E-state index in [1.165, 1.54) is 6.92 Å². The molecule has 2 atom stereocenters.